The molecule has 1 saturated carbocycles. The fraction of sp³-hybridized carbons (Fsp3) is 1.00. The van der Waals surface area contributed by atoms with Gasteiger partial charge in [0.15, 0.2) is 0 Å². The number of likely N-dealkylation sites (N-methyl/N-ethyl adjacent to an activating group) is 1. The molecule has 0 amide bonds. The molecule has 0 spiro atoms. The topological polar surface area (TPSA) is 61.9 Å². The van der Waals surface area contributed by atoms with Gasteiger partial charge in [0, 0.05) is 33.3 Å². The molecule has 6 nitrogen and oxygen atoms in total. The molecule has 2 aliphatic rings. The van der Waals surface area contributed by atoms with Crippen LogP contribution in [0, 0.1) is 0 Å². The Morgan fingerprint density at radius 1 is 1.25 bits per heavy atom. The Bertz CT molecular complexity index is 411. The van der Waals surface area contributed by atoms with Crippen LogP contribution in [0.5, 0.6) is 0 Å². The van der Waals surface area contributed by atoms with E-state index < -0.39 is 10.2 Å². The molecule has 2 fully saturated rings. The molecule has 1 saturated heterocycles. The van der Waals surface area contributed by atoms with Crippen molar-refractivity contribution in [1.82, 2.24) is 13.9 Å². The summed E-state index contributed by atoms with van der Waals surface area (Å²) in [6.07, 6.45) is 4.11. The van der Waals surface area contributed by atoms with Gasteiger partial charge in [-0.1, -0.05) is 0 Å². The second-order valence-corrected chi connectivity index (χ2v) is 7.95. The van der Waals surface area contributed by atoms with E-state index in [9.17, 15) is 8.42 Å². The zero-order chi connectivity index (χ0) is 14.8. The smallest absolute Gasteiger partial charge is 0.281 e. The Hall–Kier alpha value is -0.210. The quantitative estimate of drug-likeness (QED) is 0.660. The monoisotopic (exact) mass is 305 g/mol. The summed E-state index contributed by atoms with van der Waals surface area (Å²) < 4.78 is 33.3. The molecular formula is C13H27N3O3S. The summed E-state index contributed by atoms with van der Waals surface area (Å²) in [4.78, 5) is 0. The van der Waals surface area contributed by atoms with Gasteiger partial charge in [-0.3, -0.25) is 0 Å². The van der Waals surface area contributed by atoms with E-state index in [4.69, 9.17) is 4.74 Å². The largest absolute Gasteiger partial charge is 0.377 e. The van der Waals surface area contributed by atoms with Gasteiger partial charge >= 0.3 is 0 Å². The zero-order valence-electron chi connectivity index (χ0n) is 12.7. The molecule has 118 valence electrons. The number of hydrogen-bond acceptors (Lipinski definition) is 4. The van der Waals surface area contributed by atoms with E-state index in [0.717, 1.165) is 19.4 Å². The van der Waals surface area contributed by atoms with Gasteiger partial charge in [-0.25, -0.2) is 0 Å². The maximum absolute atomic E-state index is 12.5. The van der Waals surface area contributed by atoms with Gasteiger partial charge in [-0.2, -0.15) is 17.0 Å². The van der Waals surface area contributed by atoms with Crippen molar-refractivity contribution in [2.24, 2.45) is 0 Å². The van der Waals surface area contributed by atoms with E-state index in [1.54, 1.807) is 14.1 Å². The Morgan fingerprint density at radius 3 is 2.50 bits per heavy atom. The Balaban J connectivity index is 1.80. The van der Waals surface area contributed by atoms with Crippen molar-refractivity contribution in [3.05, 3.63) is 0 Å². The molecule has 1 heterocycles. The highest BCUT2D eigenvalue weighted by molar-refractivity contribution is 7.86. The van der Waals surface area contributed by atoms with Crippen LogP contribution in [0.25, 0.3) is 0 Å². The van der Waals surface area contributed by atoms with Crippen molar-refractivity contribution in [2.45, 2.75) is 50.8 Å². The third-order valence-corrected chi connectivity index (χ3v) is 6.19. The van der Waals surface area contributed by atoms with E-state index in [2.05, 4.69) is 5.32 Å². The Labute approximate surface area is 122 Å². The number of hydrogen-bond donors (Lipinski definition) is 1. The van der Waals surface area contributed by atoms with Gasteiger partial charge in [0.1, 0.15) is 0 Å². The van der Waals surface area contributed by atoms with Gasteiger partial charge in [0.25, 0.3) is 10.2 Å². The molecule has 0 aromatic rings. The summed E-state index contributed by atoms with van der Waals surface area (Å²) >= 11 is 0. The van der Waals surface area contributed by atoms with Crippen molar-refractivity contribution in [3.8, 4) is 0 Å². The van der Waals surface area contributed by atoms with Gasteiger partial charge in [-0.05, 0) is 39.2 Å². The first-order valence-corrected chi connectivity index (χ1v) is 8.87. The third kappa shape index (κ3) is 3.92. The lowest BCUT2D eigenvalue weighted by Crippen LogP contribution is -2.47. The summed E-state index contributed by atoms with van der Waals surface area (Å²) in [5, 5.41) is 3.40. The summed E-state index contributed by atoms with van der Waals surface area (Å²) in [7, 11) is -0.0685. The molecule has 2 atom stereocenters. The van der Waals surface area contributed by atoms with Crippen molar-refractivity contribution >= 4 is 10.2 Å². The van der Waals surface area contributed by atoms with Crippen molar-refractivity contribution in [2.75, 3.05) is 33.8 Å². The first-order chi connectivity index (χ1) is 9.43. The van der Waals surface area contributed by atoms with Crippen LogP contribution in [-0.4, -0.2) is 69.0 Å². The van der Waals surface area contributed by atoms with Gasteiger partial charge in [-0.15, -0.1) is 0 Å². The first kappa shape index (κ1) is 16.2. The van der Waals surface area contributed by atoms with Gasteiger partial charge < -0.3 is 10.1 Å². The van der Waals surface area contributed by atoms with Crippen LogP contribution >= 0.6 is 0 Å². The third-order valence-electron chi connectivity index (χ3n) is 4.22. The van der Waals surface area contributed by atoms with Gasteiger partial charge in [0.05, 0.1) is 12.1 Å². The molecular weight excluding hydrogens is 278 g/mol. The predicted octanol–water partition coefficient (Wildman–Crippen LogP) is 0.414. The second kappa shape index (κ2) is 6.70. The van der Waals surface area contributed by atoms with Crippen molar-refractivity contribution in [1.29, 1.82) is 0 Å². The van der Waals surface area contributed by atoms with Gasteiger partial charge in [0.2, 0.25) is 0 Å². The molecule has 20 heavy (non-hydrogen) atoms. The predicted molar refractivity (Wildman–Crippen MR) is 78.8 cm³/mol. The van der Waals surface area contributed by atoms with E-state index >= 15 is 0 Å². The fourth-order valence-corrected chi connectivity index (χ4v) is 4.02. The second-order valence-electron chi connectivity index (χ2n) is 5.86. The van der Waals surface area contributed by atoms with Crippen molar-refractivity contribution in [3.63, 3.8) is 0 Å². The van der Waals surface area contributed by atoms with Crippen LogP contribution in [0.15, 0.2) is 0 Å². The van der Waals surface area contributed by atoms with Crippen molar-refractivity contribution < 1.29 is 13.2 Å². The molecule has 0 radical (unpaired) electrons. The van der Waals surface area contributed by atoms with E-state index in [-0.39, 0.29) is 12.1 Å². The number of nitrogens with zero attached hydrogens (tertiary/aromatic N) is 2. The highest BCUT2D eigenvalue weighted by Gasteiger charge is 2.36. The highest BCUT2D eigenvalue weighted by Crippen LogP contribution is 2.22. The van der Waals surface area contributed by atoms with E-state index in [1.165, 1.54) is 21.5 Å². The molecule has 0 aromatic heterocycles. The summed E-state index contributed by atoms with van der Waals surface area (Å²) in [5.41, 5.74) is 0. The summed E-state index contributed by atoms with van der Waals surface area (Å²) in [5.74, 6) is 0. The summed E-state index contributed by atoms with van der Waals surface area (Å²) in [6.45, 7) is 4.01. The minimum atomic E-state index is -3.38. The minimum absolute atomic E-state index is 0.0280. The number of ether oxygens (including phenoxy) is 1. The molecule has 2 rings (SSSR count). The average Bonchev–Trinajstić information content (AvgIpc) is 3.14. The zero-order valence-corrected chi connectivity index (χ0v) is 13.5. The molecule has 0 bridgehead atoms. The van der Waals surface area contributed by atoms with Crippen LogP contribution in [-0.2, 0) is 14.9 Å². The SMILES string of the molecule is CC1OCCC1N(C)S(=O)(=O)N(C)CCCNC1CC1. The van der Waals surface area contributed by atoms with Crippen LogP contribution in [0.4, 0.5) is 0 Å². The van der Waals surface area contributed by atoms with E-state index in [0.29, 0.717) is 19.2 Å². The maximum atomic E-state index is 12.5. The minimum Gasteiger partial charge on any atom is -0.377 e. The molecule has 0 aromatic carbocycles. The van der Waals surface area contributed by atoms with Crippen LogP contribution in [0.3, 0.4) is 0 Å². The molecule has 1 N–H and O–H groups in total. The number of nitrogens with one attached hydrogen (secondary N) is 1. The average molecular weight is 305 g/mol. The first-order valence-electron chi connectivity index (χ1n) is 7.47. The van der Waals surface area contributed by atoms with Crippen LogP contribution in [0.2, 0.25) is 0 Å². The highest BCUT2D eigenvalue weighted by atomic mass is 32.2. The van der Waals surface area contributed by atoms with E-state index in [1.807, 2.05) is 6.92 Å². The lowest BCUT2D eigenvalue weighted by atomic mass is 10.2. The maximum Gasteiger partial charge on any atom is 0.281 e. The fourth-order valence-electron chi connectivity index (χ4n) is 2.60. The number of rotatable bonds is 8. The lowest BCUT2D eigenvalue weighted by Gasteiger charge is -2.30. The van der Waals surface area contributed by atoms with Crippen LogP contribution in [0.1, 0.15) is 32.6 Å². The van der Waals surface area contributed by atoms with Crippen LogP contribution < -0.4 is 5.32 Å². The lowest BCUT2D eigenvalue weighted by molar-refractivity contribution is 0.101. The standard InChI is InChI=1S/C13H27N3O3S/c1-11-13(7-10-19-11)16(3)20(17,18)15(2)9-4-8-14-12-5-6-12/h11-14H,4-10H2,1-3H3. The molecule has 7 heteroatoms. The molecule has 2 unspecified atom stereocenters. The molecule has 1 aliphatic carbocycles. The normalized spacial score (nSPS) is 27.6. The molecule has 1 aliphatic heterocycles. The Morgan fingerprint density at radius 2 is 1.95 bits per heavy atom. The summed E-state index contributed by atoms with van der Waals surface area (Å²) in [6, 6.07) is 0.628. The Kier molecular flexibility index (Phi) is 5.42.